The molecular formula is C15H13FN2O4. The van der Waals surface area contributed by atoms with Crippen LogP contribution >= 0.6 is 0 Å². The first kappa shape index (κ1) is 14.2. The quantitative estimate of drug-likeness (QED) is 0.908. The van der Waals surface area contributed by atoms with Crippen molar-refractivity contribution in [2.24, 2.45) is 0 Å². The van der Waals surface area contributed by atoms with E-state index in [9.17, 15) is 24.2 Å². The van der Waals surface area contributed by atoms with Gasteiger partial charge in [-0.2, -0.15) is 0 Å². The van der Waals surface area contributed by atoms with E-state index in [1.165, 1.54) is 22.8 Å². The highest BCUT2D eigenvalue weighted by Crippen LogP contribution is 2.35. The molecule has 1 aliphatic heterocycles. The van der Waals surface area contributed by atoms with E-state index in [0.717, 1.165) is 0 Å². The van der Waals surface area contributed by atoms with Crippen LogP contribution in [-0.2, 0) is 11.3 Å². The fourth-order valence-electron chi connectivity index (χ4n) is 2.88. The van der Waals surface area contributed by atoms with Gasteiger partial charge in [0.15, 0.2) is 5.69 Å². The number of aromatic nitrogens is 2. The Labute approximate surface area is 124 Å². The average molecular weight is 304 g/mol. The number of aromatic carboxylic acids is 1. The first-order valence-electron chi connectivity index (χ1n) is 6.82. The summed E-state index contributed by atoms with van der Waals surface area (Å²) < 4.78 is 15.5. The van der Waals surface area contributed by atoms with E-state index in [2.05, 4.69) is 4.98 Å². The number of hydrogen-bond acceptors (Lipinski definition) is 3. The van der Waals surface area contributed by atoms with E-state index >= 15 is 0 Å². The summed E-state index contributed by atoms with van der Waals surface area (Å²) in [6.45, 7) is 0.420. The molecule has 22 heavy (non-hydrogen) atoms. The smallest absolute Gasteiger partial charge is 0.356 e. The minimum Gasteiger partial charge on any atom is -0.481 e. The van der Waals surface area contributed by atoms with Crippen LogP contribution in [0.25, 0.3) is 11.4 Å². The number of carboxylic acids is 2. The first-order valence-corrected chi connectivity index (χ1v) is 6.82. The van der Waals surface area contributed by atoms with Crippen molar-refractivity contribution in [2.45, 2.75) is 25.3 Å². The number of hydrogen-bond donors (Lipinski definition) is 2. The van der Waals surface area contributed by atoms with Crippen molar-refractivity contribution >= 4 is 11.9 Å². The highest BCUT2D eigenvalue weighted by molar-refractivity contribution is 5.91. The number of nitrogens with zero attached hydrogens (tertiary/aromatic N) is 2. The Bertz CT molecular complexity index is 769. The highest BCUT2D eigenvalue weighted by atomic mass is 19.1. The Morgan fingerprint density at radius 2 is 2.00 bits per heavy atom. The zero-order valence-corrected chi connectivity index (χ0v) is 11.5. The third kappa shape index (κ3) is 2.14. The minimum absolute atomic E-state index is 0.143. The van der Waals surface area contributed by atoms with Crippen LogP contribution in [0, 0.1) is 5.82 Å². The standard InChI is InChI=1S/C15H13FN2O4/c16-10-6-2-1-4-8(10)13-17-11(15(21)22)12-9(14(19)20)5-3-7-18(12)13/h1-2,4,6,9H,3,5,7H2,(H,19,20)(H,21,22). The number of benzene rings is 1. The molecule has 1 aromatic carbocycles. The lowest BCUT2D eigenvalue weighted by molar-refractivity contribution is -0.139. The molecule has 2 heterocycles. The predicted octanol–water partition coefficient (Wildman–Crippen LogP) is 2.35. The maximum absolute atomic E-state index is 14.0. The third-order valence-corrected chi connectivity index (χ3v) is 3.83. The van der Waals surface area contributed by atoms with Crippen molar-refractivity contribution in [1.82, 2.24) is 9.55 Å². The van der Waals surface area contributed by atoms with E-state index < -0.39 is 23.7 Å². The van der Waals surface area contributed by atoms with Crippen LogP contribution in [0.3, 0.4) is 0 Å². The van der Waals surface area contributed by atoms with Crippen molar-refractivity contribution in [3.63, 3.8) is 0 Å². The van der Waals surface area contributed by atoms with E-state index in [-0.39, 0.29) is 22.8 Å². The number of imidazole rings is 1. The SMILES string of the molecule is O=C(O)c1nc(-c2ccccc2F)n2c1C(C(=O)O)CCC2. The summed E-state index contributed by atoms with van der Waals surface area (Å²) in [5, 5.41) is 18.6. The molecule has 1 aliphatic rings. The molecule has 0 bridgehead atoms. The molecule has 1 aromatic heterocycles. The molecule has 2 aromatic rings. The van der Waals surface area contributed by atoms with Gasteiger partial charge < -0.3 is 14.8 Å². The van der Waals surface area contributed by atoms with Gasteiger partial charge in [-0.1, -0.05) is 12.1 Å². The summed E-state index contributed by atoms with van der Waals surface area (Å²) >= 11 is 0. The summed E-state index contributed by atoms with van der Waals surface area (Å²) in [6.07, 6.45) is 0.916. The summed E-state index contributed by atoms with van der Waals surface area (Å²) in [6, 6.07) is 5.91. The molecule has 0 aliphatic carbocycles. The van der Waals surface area contributed by atoms with Crippen molar-refractivity contribution in [3.8, 4) is 11.4 Å². The van der Waals surface area contributed by atoms with Crippen LogP contribution in [0.5, 0.6) is 0 Å². The lowest BCUT2D eigenvalue weighted by atomic mass is 9.94. The number of rotatable bonds is 3. The monoisotopic (exact) mass is 304 g/mol. The van der Waals surface area contributed by atoms with Crippen molar-refractivity contribution in [2.75, 3.05) is 0 Å². The summed E-state index contributed by atoms with van der Waals surface area (Å²) in [4.78, 5) is 26.8. The molecule has 6 nitrogen and oxygen atoms in total. The maximum Gasteiger partial charge on any atom is 0.356 e. The number of fused-ring (bicyclic) bond motifs is 1. The number of carboxylic acid groups (broad SMARTS) is 2. The predicted molar refractivity (Wildman–Crippen MR) is 74.2 cm³/mol. The van der Waals surface area contributed by atoms with Crippen LogP contribution in [0.15, 0.2) is 24.3 Å². The fourth-order valence-corrected chi connectivity index (χ4v) is 2.88. The topological polar surface area (TPSA) is 92.4 Å². The fraction of sp³-hybridized carbons (Fsp3) is 0.267. The van der Waals surface area contributed by atoms with Gasteiger partial charge in [-0.3, -0.25) is 4.79 Å². The summed E-state index contributed by atoms with van der Waals surface area (Å²) in [5.41, 5.74) is -0.00264. The third-order valence-electron chi connectivity index (χ3n) is 3.83. The zero-order valence-electron chi connectivity index (χ0n) is 11.5. The normalized spacial score (nSPS) is 17.0. The zero-order chi connectivity index (χ0) is 15.9. The van der Waals surface area contributed by atoms with E-state index in [1.807, 2.05) is 0 Å². The molecule has 0 fully saturated rings. The van der Waals surface area contributed by atoms with Gasteiger partial charge in [0.05, 0.1) is 17.2 Å². The lowest BCUT2D eigenvalue weighted by Crippen LogP contribution is -2.24. The van der Waals surface area contributed by atoms with Crippen LogP contribution in [0.4, 0.5) is 4.39 Å². The number of halogens is 1. The average Bonchev–Trinajstić information content (AvgIpc) is 2.87. The van der Waals surface area contributed by atoms with Gasteiger partial charge in [0.25, 0.3) is 0 Å². The van der Waals surface area contributed by atoms with Crippen molar-refractivity contribution < 1.29 is 24.2 Å². The second-order valence-electron chi connectivity index (χ2n) is 5.14. The van der Waals surface area contributed by atoms with Gasteiger partial charge in [0.1, 0.15) is 11.6 Å². The second-order valence-corrected chi connectivity index (χ2v) is 5.14. The Morgan fingerprint density at radius 3 is 2.64 bits per heavy atom. The largest absolute Gasteiger partial charge is 0.481 e. The molecule has 0 amide bonds. The summed E-state index contributed by atoms with van der Waals surface area (Å²) in [5.74, 6) is -3.70. The Kier molecular flexibility index (Phi) is 3.40. The molecule has 0 saturated carbocycles. The van der Waals surface area contributed by atoms with Gasteiger partial charge >= 0.3 is 11.9 Å². The Morgan fingerprint density at radius 1 is 1.27 bits per heavy atom. The maximum atomic E-state index is 14.0. The van der Waals surface area contributed by atoms with Crippen LogP contribution in [0.1, 0.15) is 34.9 Å². The summed E-state index contributed by atoms with van der Waals surface area (Å²) in [7, 11) is 0. The Hall–Kier alpha value is -2.70. The molecule has 0 radical (unpaired) electrons. The molecule has 1 unspecified atom stereocenters. The molecule has 2 N–H and O–H groups in total. The van der Waals surface area contributed by atoms with Gasteiger partial charge in [-0.25, -0.2) is 14.2 Å². The first-order chi connectivity index (χ1) is 10.5. The second kappa shape index (κ2) is 5.25. The van der Waals surface area contributed by atoms with E-state index in [4.69, 9.17) is 0 Å². The van der Waals surface area contributed by atoms with E-state index in [1.54, 1.807) is 6.07 Å². The van der Waals surface area contributed by atoms with E-state index in [0.29, 0.717) is 19.4 Å². The van der Waals surface area contributed by atoms with Crippen LogP contribution in [0.2, 0.25) is 0 Å². The van der Waals surface area contributed by atoms with Crippen LogP contribution in [-0.4, -0.2) is 31.7 Å². The number of aliphatic carboxylic acids is 1. The molecular weight excluding hydrogens is 291 g/mol. The van der Waals surface area contributed by atoms with Gasteiger partial charge in [0.2, 0.25) is 0 Å². The molecule has 3 rings (SSSR count). The van der Waals surface area contributed by atoms with Crippen LogP contribution < -0.4 is 0 Å². The number of carbonyl (C=O) groups is 2. The van der Waals surface area contributed by atoms with Crippen molar-refractivity contribution in [1.29, 1.82) is 0 Å². The van der Waals surface area contributed by atoms with Gasteiger partial charge in [0, 0.05) is 6.54 Å². The lowest BCUT2D eigenvalue weighted by Gasteiger charge is -2.22. The molecule has 1 atom stereocenters. The van der Waals surface area contributed by atoms with Gasteiger partial charge in [-0.05, 0) is 25.0 Å². The molecule has 114 valence electrons. The molecule has 7 heteroatoms. The molecule has 0 saturated heterocycles. The highest BCUT2D eigenvalue weighted by Gasteiger charge is 2.35. The Balaban J connectivity index is 2.27. The van der Waals surface area contributed by atoms with Gasteiger partial charge in [-0.15, -0.1) is 0 Å². The molecule has 0 spiro atoms. The van der Waals surface area contributed by atoms with Crippen molar-refractivity contribution in [3.05, 3.63) is 41.5 Å². The minimum atomic E-state index is -1.31.